The number of anilines is 2. The van der Waals surface area contributed by atoms with Crippen LogP contribution >= 0.6 is 0 Å². The normalized spacial score (nSPS) is 16.1. The first-order valence-electron chi connectivity index (χ1n) is 11.7. The Morgan fingerprint density at radius 2 is 1.94 bits per heavy atom. The molecule has 2 aromatic carbocycles. The number of rotatable bonds is 7. The highest BCUT2D eigenvalue weighted by Crippen LogP contribution is 2.43. The lowest BCUT2D eigenvalue weighted by Gasteiger charge is -2.39. The molecule has 0 amide bonds. The molecular formula is C28H29F3N4O. The summed E-state index contributed by atoms with van der Waals surface area (Å²) < 4.78 is 49.1. The van der Waals surface area contributed by atoms with E-state index in [1.807, 2.05) is 39.0 Å². The lowest BCUT2D eigenvalue weighted by atomic mass is 9.91. The van der Waals surface area contributed by atoms with Gasteiger partial charge in [-0.2, -0.15) is 0 Å². The van der Waals surface area contributed by atoms with Gasteiger partial charge in [0, 0.05) is 30.6 Å². The van der Waals surface area contributed by atoms with Crippen molar-refractivity contribution in [1.29, 1.82) is 0 Å². The number of hydrogen-bond donors (Lipinski definition) is 1. The van der Waals surface area contributed by atoms with Crippen LogP contribution in [0.25, 0.3) is 11.1 Å². The molecule has 0 saturated heterocycles. The molecule has 1 unspecified atom stereocenters. The second kappa shape index (κ2) is 10.4. The number of aromatic nitrogens is 1. The van der Waals surface area contributed by atoms with Gasteiger partial charge in [0.15, 0.2) is 0 Å². The van der Waals surface area contributed by atoms with E-state index in [1.165, 1.54) is 12.1 Å². The van der Waals surface area contributed by atoms with E-state index in [9.17, 15) is 4.39 Å². The van der Waals surface area contributed by atoms with Crippen molar-refractivity contribution >= 4 is 17.7 Å². The Kier molecular flexibility index (Phi) is 7.33. The van der Waals surface area contributed by atoms with Gasteiger partial charge >= 0.3 is 0 Å². The predicted octanol–water partition coefficient (Wildman–Crippen LogP) is 7.02. The van der Waals surface area contributed by atoms with E-state index < -0.39 is 24.9 Å². The monoisotopic (exact) mass is 494 g/mol. The smallest absolute Gasteiger partial charge is 0.269 e. The van der Waals surface area contributed by atoms with Crippen molar-refractivity contribution in [2.45, 2.75) is 39.2 Å². The molecule has 36 heavy (non-hydrogen) atoms. The third kappa shape index (κ3) is 5.37. The topological polar surface area (TPSA) is 49.8 Å². The SMILES string of the molecule is CC=N/C(C)=C\Nc1ccc(-c2ccnc3c2CC(F)(F)CN3C(C)c2ccc(F)cc2)cc1OC. The summed E-state index contributed by atoms with van der Waals surface area (Å²) in [6.07, 6.45) is 4.68. The average Bonchev–Trinajstić information content (AvgIpc) is 2.86. The molecule has 1 aromatic heterocycles. The van der Waals surface area contributed by atoms with Gasteiger partial charge in [0.05, 0.1) is 31.1 Å². The Labute approximate surface area is 209 Å². The lowest BCUT2D eigenvalue weighted by molar-refractivity contribution is 0.00335. The number of allylic oxidation sites excluding steroid dienone is 1. The van der Waals surface area contributed by atoms with Gasteiger partial charge < -0.3 is 15.0 Å². The van der Waals surface area contributed by atoms with Crippen LogP contribution in [0.1, 0.15) is 37.9 Å². The van der Waals surface area contributed by atoms with Crippen molar-refractivity contribution in [3.05, 3.63) is 83.6 Å². The minimum absolute atomic E-state index is 0.369. The standard InChI is InChI=1S/C28H29F3N4O/c1-5-32-18(2)16-34-25-11-8-21(14-26(25)36-4)23-12-13-33-27-24(23)15-28(30,31)17-35(27)19(3)20-6-9-22(29)10-7-20/h5-14,16,19,34H,15,17H2,1-4H3/b18-16-,32-5?. The largest absolute Gasteiger partial charge is 0.495 e. The summed E-state index contributed by atoms with van der Waals surface area (Å²) in [5, 5.41) is 3.18. The predicted molar refractivity (Wildman–Crippen MR) is 139 cm³/mol. The van der Waals surface area contributed by atoms with Crippen molar-refractivity contribution < 1.29 is 17.9 Å². The van der Waals surface area contributed by atoms with E-state index in [1.54, 1.807) is 48.8 Å². The van der Waals surface area contributed by atoms with Crippen molar-refractivity contribution in [2.75, 3.05) is 23.9 Å². The molecule has 0 radical (unpaired) electrons. The second-order valence-electron chi connectivity index (χ2n) is 8.78. The summed E-state index contributed by atoms with van der Waals surface area (Å²) in [5.74, 6) is -2.24. The highest BCUT2D eigenvalue weighted by atomic mass is 19.3. The summed E-state index contributed by atoms with van der Waals surface area (Å²) in [4.78, 5) is 10.3. The summed E-state index contributed by atoms with van der Waals surface area (Å²) in [6, 6.07) is 12.8. The third-order valence-electron chi connectivity index (χ3n) is 6.24. The first-order chi connectivity index (χ1) is 17.2. The zero-order valence-electron chi connectivity index (χ0n) is 20.7. The second-order valence-corrected chi connectivity index (χ2v) is 8.78. The number of aliphatic imine (C=N–C) groups is 1. The van der Waals surface area contributed by atoms with Crippen molar-refractivity contribution in [3.63, 3.8) is 0 Å². The molecule has 3 aromatic rings. The third-order valence-corrected chi connectivity index (χ3v) is 6.24. The number of nitrogens with zero attached hydrogens (tertiary/aromatic N) is 3. The Balaban J connectivity index is 1.74. The van der Waals surface area contributed by atoms with E-state index in [2.05, 4.69) is 15.3 Å². The molecule has 0 fully saturated rings. The lowest BCUT2D eigenvalue weighted by Crippen LogP contribution is -2.45. The minimum atomic E-state index is -2.95. The maximum Gasteiger partial charge on any atom is 0.269 e. The van der Waals surface area contributed by atoms with Gasteiger partial charge in [0.1, 0.15) is 17.4 Å². The molecule has 0 bridgehead atoms. The number of pyridine rings is 1. The zero-order valence-corrected chi connectivity index (χ0v) is 20.7. The van der Waals surface area contributed by atoms with Crippen LogP contribution < -0.4 is 15.0 Å². The van der Waals surface area contributed by atoms with Gasteiger partial charge in [-0.1, -0.05) is 18.2 Å². The maximum atomic E-state index is 15.0. The Morgan fingerprint density at radius 1 is 1.19 bits per heavy atom. The Hall–Kier alpha value is -3.81. The van der Waals surface area contributed by atoms with Crippen LogP contribution in [-0.2, 0) is 6.42 Å². The first-order valence-corrected chi connectivity index (χ1v) is 11.7. The molecule has 1 aliphatic rings. The molecule has 1 aliphatic heterocycles. The van der Waals surface area contributed by atoms with E-state index in [0.717, 1.165) is 22.5 Å². The van der Waals surface area contributed by atoms with Crippen LogP contribution in [0.4, 0.5) is 24.7 Å². The van der Waals surface area contributed by atoms with E-state index in [-0.39, 0.29) is 5.82 Å². The zero-order chi connectivity index (χ0) is 25.9. The quantitative estimate of drug-likeness (QED) is 0.359. The number of alkyl halides is 2. The van der Waals surface area contributed by atoms with Gasteiger partial charge in [0.25, 0.3) is 5.92 Å². The molecular weight excluding hydrogens is 465 g/mol. The number of fused-ring (bicyclic) bond motifs is 1. The van der Waals surface area contributed by atoms with Crippen LogP contribution in [0.3, 0.4) is 0 Å². The molecule has 188 valence electrons. The highest BCUT2D eigenvalue weighted by molar-refractivity contribution is 5.77. The highest BCUT2D eigenvalue weighted by Gasteiger charge is 2.42. The van der Waals surface area contributed by atoms with Gasteiger partial charge in [-0.3, -0.25) is 4.99 Å². The fourth-order valence-electron chi connectivity index (χ4n) is 4.45. The maximum absolute atomic E-state index is 15.0. The number of methoxy groups -OCH3 is 1. The Bertz CT molecular complexity index is 1290. The molecule has 4 rings (SSSR count). The van der Waals surface area contributed by atoms with Crippen LogP contribution in [0.2, 0.25) is 0 Å². The van der Waals surface area contributed by atoms with Crippen LogP contribution in [0, 0.1) is 5.82 Å². The summed E-state index contributed by atoms with van der Waals surface area (Å²) in [7, 11) is 1.56. The number of halogens is 3. The van der Waals surface area contributed by atoms with Crippen molar-refractivity contribution in [2.24, 2.45) is 4.99 Å². The van der Waals surface area contributed by atoms with Gasteiger partial charge in [-0.05, 0) is 67.8 Å². The first kappa shape index (κ1) is 25.3. The molecule has 0 saturated carbocycles. The van der Waals surface area contributed by atoms with Crippen LogP contribution in [-0.4, -0.2) is 30.8 Å². The summed E-state index contributed by atoms with van der Waals surface area (Å²) in [5.41, 5.74) is 4.15. The number of benzene rings is 2. The van der Waals surface area contributed by atoms with Crippen LogP contribution in [0.5, 0.6) is 5.75 Å². The fourth-order valence-corrected chi connectivity index (χ4v) is 4.45. The van der Waals surface area contributed by atoms with Gasteiger partial charge in [-0.25, -0.2) is 18.2 Å². The molecule has 1 N–H and O–H groups in total. The molecule has 1 atom stereocenters. The van der Waals surface area contributed by atoms with Gasteiger partial charge in [-0.15, -0.1) is 0 Å². The van der Waals surface area contributed by atoms with Crippen LogP contribution in [0.15, 0.2) is 71.6 Å². The molecule has 5 nitrogen and oxygen atoms in total. The van der Waals surface area contributed by atoms with E-state index in [0.29, 0.717) is 22.7 Å². The van der Waals surface area contributed by atoms with Crippen molar-refractivity contribution in [1.82, 2.24) is 4.98 Å². The Morgan fingerprint density at radius 3 is 2.64 bits per heavy atom. The molecule has 0 aliphatic carbocycles. The average molecular weight is 495 g/mol. The number of hydrogen-bond acceptors (Lipinski definition) is 5. The molecule has 2 heterocycles. The number of ether oxygens (including phenoxy) is 1. The fraction of sp³-hybridized carbons (Fsp3) is 0.286. The van der Waals surface area contributed by atoms with E-state index >= 15 is 8.78 Å². The molecule has 8 heteroatoms. The summed E-state index contributed by atoms with van der Waals surface area (Å²) >= 11 is 0. The minimum Gasteiger partial charge on any atom is -0.495 e. The number of nitrogens with one attached hydrogen (secondary N) is 1. The van der Waals surface area contributed by atoms with Crippen molar-refractivity contribution in [3.8, 4) is 16.9 Å². The van der Waals surface area contributed by atoms with E-state index in [4.69, 9.17) is 4.74 Å². The van der Waals surface area contributed by atoms with Gasteiger partial charge in [0.2, 0.25) is 0 Å². The summed E-state index contributed by atoms with van der Waals surface area (Å²) in [6.45, 7) is 5.07. The molecule has 0 spiro atoms.